The molecular formula is C24H32N2O5S. The average Bonchev–Trinajstić information content (AvgIpc) is 2.75. The van der Waals surface area contributed by atoms with Gasteiger partial charge in [-0.1, -0.05) is 56.3 Å². The summed E-state index contributed by atoms with van der Waals surface area (Å²) in [7, 11) is -1.90. The van der Waals surface area contributed by atoms with Gasteiger partial charge in [-0.05, 0) is 41.7 Å². The first-order chi connectivity index (χ1) is 15.2. The van der Waals surface area contributed by atoms with E-state index < -0.39 is 16.1 Å². The van der Waals surface area contributed by atoms with Crippen LogP contribution in [0.15, 0.2) is 54.6 Å². The Morgan fingerprint density at radius 1 is 1.09 bits per heavy atom. The van der Waals surface area contributed by atoms with E-state index in [4.69, 9.17) is 9.47 Å². The lowest BCUT2D eigenvalue weighted by Gasteiger charge is -2.20. The minimum Gasteiger partial charge on any atom is -0.493 e. The standard InChI is InChI=1S/C24H32N2O5S/c1-18(2)23(26-32(4,28)29)24(27)25-15-14-20-12-13-21(22(17-20)30-3)31-16-8-11-19-9-6-5-7-10-19/h5-13,17-18,23,26H,14-16H2,1-4H3,(H,25,27)/b11-8+. The van der Waals surface area contributed by atoms with Crippen LogP contribution in [-0.2, 0) is 21.2 Å². The van der Waals surface area contributed by atoms with E-state index in [1.54, 1.807) is 21.0 Å². The van der Waals surface area contributed by atoms with Crippen molar-refractivity contribution in [1.29, 1.82) is 0 Å². The van der Waals surface area contributed by atoms with E-state index in [2.05, 4.69) is 10.0 Å². The van der Waals surface area contributed by atoms with Crippen LogP contribution in [0.2, 0.25) is 0 Å². The molecule has 0 radical (unpaired) electrons. The molecule has 0 aromatic heterocycles. The number of sulfonamides is 1. The lowest BCUT2D eigenvalue weighted by atomic mass is 10.0. The first kappa shape index (κ1) is 25.4. The highest BCUT2D eigenvalue weighted by Gasteiger charge is 2.24. The lowest BCUT2D eigenvalue weighted by Crippen LogP contribution is -2.49. The molecule has 2 aromatic rings. The fraction of sp³-hybridized carbons (Fsp3) is 0.375. The maximum atomic E-state index is 12.4. The summed E-state index contributed by atoms with van der Waals surface area (Å²) >= 11 is 0. The number of carbonyl (C=O) groups excluding carboxylic acids is 1. The second-order valence-corrected chi connectivity index (χ2v) is 9.54. The molecule has 0 aliphatic rings. The van der Waals surface area contributed by atoms with Gasteiger partial charge in [0, 0.05) is 6.54 Å². The molecule has 0 spiro atoms. The molecule has 1 unspecified atom stereocenters. The molecular weight excluding hydrogens is 428 g/mol. The van der Waals surface area contributed by atoms with E-state index in [9.17, 15) is 13.2 Å². The summed E-state index contributed by atoms with van der Waals surface area (Å²) < 4.78 is 36.6. The SMILES string of the molecule is COc1cc(CCNC(=O)C(NS(C)(=O)=O)C(C)C)ccc1OC/C=C/c1ccccc1. The topological polar surface area (TPSA) is 93.7 Å². The zero-order chi connectivity index (χ0) is 23.6. The van der Waals surface area contributed by atoms with Crippen LogP contribution in [-0.4, -0.2) is 46.9 Å². The molecule has 0 bridgehead atoms. The Balaban J connectivity index is 1.89. The number of carbonyl (C=O) groups is 1. The van der Waals surface area contributed by atoms with Gasteiger partial charge in [0.2, 0.25) is 15.9 Å². The van der Waals surface area contributed by atoms with Crippen molar-refractivity contribution in [2.24, 2.45) is 5.92 Å². The summed E-state index contributed by atoms with van der Waals surface area (Å²) in [5.74, 6) is 0.732. The van der Waals surface area contributed by atoms with Gasteiger partial charge in [-0.2, -0.15) is 0 Å². The summed E-state index contributed by atoms with van der Waals surface area (Å²) in [5.41, 5.74) is 2.07. The van der Waals surface area contributed by atoms with Crippen molar-refractivity contribution in [2.45, 2.75) is 26.3 Å². The highest BCUT2D eigenvalue weighted by Crippen LogP contribution is 2.28. The van der Waals surface area contributed by atoms with Gasteiger partial charge < -0.3 is 14.8 Å². The fourth-order valence-corrected chi connectivity index (χ4v) is 3.88. The maximum Gasteiger partial charge on any atom is 0.238 e. The van der Waals surface area contributed by atoms with Crippen LogP contribution in [0.1, 0.15) is 25.0 Å². The second-order valence-electron chi connectivity index (χ2n) is 7.76. The molecule has 2 aromatic carbocycles. The van der Waals surface area contributed by atoms with E-state index in [1.807, 2.05) is 60.7 Å². The Bertz CT molecular complexity index is 1000. The number of methoxy groups -OCH3 is 1. The Hall–Kier alpha value is -2.84. The van der Waals surface area contributed by atoms with Crippen molar-refractivity contribution in [3.05, 3.63) is 65.7 Å². The molecule has 0 aliphatic carbocycles. The Labute approximate surface area is 190 Å². The van der Waals surface area contributed by atoms with Crippen LogP contribution < -0.4 is 19.5 Å². The van der Waals surface area contributed by atoms with Gasteiger partial charge in [0.1, 0.15) is 12.6 Å². The fourth-order valence-electron chi connectivity index (χ4n) is 3.04. The summed E-state index contributed by atoms with van der Waals surface area (Å²) in [6.07, 6.45) is 5.55. The van der Waals surface area contributed by atoms with Gasteiger partial charge in [-0.15, -0.1) is 0 Å². The molecule has 2 rings (SSSR count). The van der Waals surface area contributed by atoms with Crippen LogP contribution in [0.25, 0.3) is 6.08 Å². The third kappa shape index (κ3) is 8.72. The highest BCUT2D eigenvalue weighted by molar-refractivity contribution is 7.88. The summed E-state index contributed by atoms with van der Waals surface area (Å²) in [6.45, 7) is 4.36. The largest absolute Gasteiger partial charge is 0.493 e. The first-order valence-corrected chi connectivity index (χ1v) is 12.3. The number of nitrogens with one attached hydrogen (secondary N) is 2. The van der Waals surface area contributed by atoms with Gasteiger partial charge in [0.25, 0.3) is 0 Å². The van der Waals surface area contributed by atoms with Gasteiger partial charge in [0.15, 0.2) is 11.5 Å². The molecule has 1 amide bonds. The van der Waals surface area contributed by atoms with E-state index in [0.29, 0.717) is 31.1 Å². The summed E-state index contributed by atoms with van der Waals surface area (Å²) in [4.78, 5) is 12.4. The summed E-state index contributed by atoms with van der Waals surface area (Å²) in [6, 6.07) is 14.8. The smallest absolute Gasteiger partial charge is 0.238 e. The van der Waals surface area contributed by atoms with Gasteiger partial charge >= 0.3 is 0 Å². The molecule has 7 nitrogen and oxygen atoms in total. The zero-order valence-electron chi connectivity index (χ0n) is 19.0. The van der Waals surface area contributed by atoms with Crippen molar-refractivity contribution in [2.75, 3.05) is 26.5 Å². The molecule has 2 N–H and O–H groups in total. The van der Waals surface area contributed by atoms with Crippen molar-refractivity contribution < 1.29 is 22.7 Å². The number of amides is 1. The lowest BCUT2D eigenvalue weighted by molar-refractivity contribution is -0.123. The monoisotopic (exact) mass is 460 g/mol. The molecule has 0 saturated carbocycles. The molecule has 1 atom stereocenters. The van der Waals surface area contributed by atoms with Gasteiger partial charge in [-0.3, -0.25) is 4.79 Å². The number of hydrogen-bond donors (Lipinski definition) is 2. The maximum absolute atomic E-state index is 12.4. The Morgan fingerprint density at radius 2 is 1.81 bits per heavy atom. The third-order valence-corrected chi connectivity index (χ3v) is 5.36. The molecule has 0 saturated heterocycles. The van der Waals surface area contributed by atoms with E-state index in [0.717, 1.165) is 17.4 Å². The molecule has 32 heavy (non-hydrogen) atoms. The first-order valence-electron chi connectivity index (χ1n) is 10.5. The molecule has 0 fully saturated rings. The van der Waals surface area contributed by atoms with Crippen LogP contribution in [0.4, 0.5) is 0 Å². The predicted octanol–water partition coefficient (Wildman–Crippen LogP) is 3.02. The molecule has 0 heterocycles. The van der Waals surface area contributed by atoms with Crippen LogP contribution >= 0.6 is 0 Å². The highest BCUT2D eigenvalue weighted by atomic mass is 32.2. The van der Waals surface area contributed by atoms with Crippen LogP contribution in [0.5, 0.6) is 11.5 Å². The second kappa shape index (κ2) is 12.3. The number of ether oxygens (including phenoxy) is 2. The molecule has 0 aliphatic heterocycles. The quantitative estimate of drug-likeness (QED) is 0.508. The van der Waals surface area contributed by atoms with Gasteiger partial charge in [-0.25, -0.2) is 13.1 Å². The van der Waals surface area contributed by atoms with Crippen molar-refractivity contribution in [3.63, 3.8) is 0 Å². The number of hydrogen-bond acceptors (Lipinski definition) is 5. The Morgan fingerprint density at radius 3 is 2.44 bits per heavy atom. The zero-order valence-corrected chi connectivity index (χ0v) is 19.8. The van der Waals surface area contributed by atoms with E-state index >= 15 is 0 Å². The molecule has 174 valence electrons. The normalized spacial score (nSPS) is 12.7. The Kier molecular flexibility index (Phi) is 9.74. The third-order valence-electron chi connectivity index (χ3n) is 4.68. The predicted molar refractivity (Wildman–Crippen MR) is 127 cm³/mol. The number of benzene rings is 2. The van der Waals surface area contributed by atoms with Crippen molar-refractivity contribution in [3.8, 4) is 11.5 Å². The van der Waals surface area contributed by atoms with Crippen LogP contribution in [0, 0.1) is 5.92 Å². The van der Waals surface area contributed by atoms with Gasteiger partial charge in [0.05, 0.1) is 13.4 Å². The van der Waals surface area contributed by atoms with E-state index in [1.165, 1.54) is 0 Å². The minimum absolute atomic E-state index is 0.169. The minimum atomic E-state index is -3.48. The van der Waals surface area contributed by atoms with Crippen molar-refractivity contribution in [1.82, 2.24) is 10.0 Å². The van der Waals surface area contributed by atoms with Crippen LogP contribution in [0.3, 0.4) is 0 Å². The average molecular weight is 461 g/mol. The number of rotatable bonds is 12. The molecule has 8 heteroatoms. The van der Waals surface area contributed by atoms with Crippen molar-refractivity contribution >= 4 is 22.0 Å². The van der Waals surface area contributed by atoms with E-state index in [-0.39, 0.29) is 11.8 Å². The summed E-state index contributed by atoms with van der Waals surface area (Å²) in [5, 5.41) is 2.80.